The van der Waals surface area contributed by atoms with Crippen molar-refractivity contribution >= 4 is 12.1 Å². The number of methoxy groups -OCH3 is 1. The zero-order valence-corrected chi connectivity index (χ0v) is 12.4. The van der Waals surface area contributed by atoms with Crippen molar-refractivity contribution in [1.82, 2.24) is 5.32 Å². The molecular weight excluding hydrogens is 270 g/mol. The molecule has 1 rings (SSSR count). The standard InChI is InChI=1S/C16H21NO4/c1-3-14(10-7-11-15(18)20-2)17-16(19)21-12-13-8-5-4-6-9-13/h4-9,11,14H,3,10,12H2,1-2H3,(H,17,19)/b11-7+. The third kappa shape index (κ3) is 7.15. The highest BCUT2D eigenvalue weighted by atomic mass is 16.5. The van der Waals surface area contributed by atoms with Gasteiger partial charge in [0.15, 0.2) is 0 Å². The van der Waals surface area contributed by atoms with Crippen LogP contribution in [-0.4, -0.2) is 25.2 Å². The van der Waals surface area contributed by atoms with Gasteiger partial charge in [-0.3, -0.25) is 0 Å². The first-order chi connectivity index (χ1) is 10.2. The van der Waals surface area contributed by atoms with Crippen LogP contribution in [0.25, 0.3) is 0 Å². The van der Waals surface area contributed by atoms with E-state index in [9.17, 15) is 9.59 Å². The third-order valence-corrected chi connectivity index (χ3v) is 2.90. The maximum Gasteiger partial charge on any atom is 0.407 e. The molecule has 0 radical (unpaired) electrons. The number of carbonyl (C=O) groups is 2. The average Bonchev–Trinajstić information content (AvgIpc) is 2.52. The summed E-state index contributed by atoms with van der Waals surface area (Å²) in [6.07, 6.45) is 3.85. The molecule has 1 aromatic carbocycles. The lowest BCUT2D eigenvalue weighted by atomic mass is 10.1. The minimum Gasteiger partial charge on any atom is -0.466 e. The summed E-state index contributed by atoms with van der Waals surface area (Å²) in [4.78, 5) is 22.6. The van der Waals surface area contributed by atoms with E-state index in [2.05, 4.69) is 10.1 Å². The smallest absolute Gasteiger partial charge is 0.407 e. The number of esters is 1. The molecule has 0 aliphatic heterocycles. The molecule has 0 bridgehead atoms. The number of rotatable bonds is 7. The quantitative estimate of drug-likeness (QED) is 0.619. The Bertz CT molecular complexity index is 470. The average molecular weight is 291 g/mol. The highest BCUT2D eigenvalue weighted by molar-refractivity contribution is 5.81. The molecule has 1 amide bonds. The summed E-state index contributed by atoms with van der Waals surface area (Å²) in [6, 6.07) is 9.40. The van der Waals surface area contributed by atoms with Crippen LogP contribution < -0.4 is 5.32 Å². The van der Waals surface area contributed by atoms with Crippen molar-refractivity contribution in [3.63, 3.8) is 0 Å². The van der Waals surface area contributed by atoms with E-state index in [1.165, 1.54) is 13.2 Å². The van der Waals surface area contributed by atoms with E-state index in [1.54, 1.807) is 6.08 Å². The molecule has 0 saturated carbocycles. The molecule has 5 nitrogen and oxygen atoms in total. The number of ether oxygens (including phenoxy) is 2. The maximum atomic E-state index is 11.7. The number of benzene rings is 1. The topological polar surface area (TPSA) is 64.6 Å². The van der Waals surface area contributed by atoms with Crippen LogP contribution in [0.15, 0.2) is 42.5 Å². The molecule has 21 heavy (non-hydrogen) atoms. The fraction of sp³-hybridized carbons (Fsp3) is 0.375. The molecule has 1 aromatic rings. The van der Waals surface area contributed by atoms with Gasteiger partial charge in [0.05, 0.1) is 7.11 Å². The molecule has 1 unspecified atom stereocenters. The zero-order valence-electron chi connectivity index (χ0n) is 12.4. The van der Waals surface area contributed by atoms with Crippen molar-refractivity contribution in [2.45, 2.75) is 32.4 Å². The van der Waals surface area contributed by atoms with E-state index in [4.69, 9.17) is 4.74 Å². The summed E-state index contributed by atoms with van der Waals surface area (Å²) in [7, 11) is 1.32. The van der Waals surface area contributed by atoms with Crippen LogP contribution in [0, 0.1) is 0 Å². The molecule has 1 N–H and O–H groups in total. The first-order valence-electron chi connectivity index (χ1n) is 6.87. The second-order valence-electron chi connectivity index (χ2n) is 4.47. The van der Waals surface area contributed by atoms with Crippen LogP contribution in [0.5, 0.6) is 0 Å². The molecular formula is C16H21NO4. The lowest BCUT2D eigenvalue weighted by molar-refractivity contribution is -0.134. The Morgan fingerprint density at radius 3 is 2.62 bits per heavy atom. The van der Waals surface area contributed by atoms with Crippen LogP contribution in [0.2, 0.25) is 0 Å². The molecule has 0 heterocycles. The molecule has 0 spiro atoms. The van der Waals surface area contributed by atoms with Gasteiger partial charge in [0.2, 0.25) is 0 Å². The number of amides is 1. The van der Waals surface area contributed by atoms with E-state index < -0.39 is 12.1 Å². The van der Waals surface area contributed by atoms with Gasteiger partial charge in [-0.2, -0.15) is 0 Å². The van der Waals surface area contributed by atoms with Crippen molar-refractivity contribution in [1.29, 1.82) is 0 Å². The molecule has 0 saturated heterocycles. The Balaban J connectivity index is 2.33. The van der Waals surface area contributed by atoms with Crippen LogP contribution in [0.3, 0.4) is 0 Å². The monoisotopic (exact) mass is 291 g/mol. The van der Waals surface area contributed by atoms with Crippen LogP contribution in [0.1, 0.15) is 25.3 Å². The number of nitrogens with one attached hydrogen (secondary N) is 1. The van der Waals surface area contributed by atoms with E-state index in [1.807, 2.05) is 37.3 Å². The van der Waals surface area contributed by atoms with Gasteiger partial charge in [-0.25, -0.2) is 9.59 Å². The maximum absolute atomic E-state index is 11.7. The third-order valence-electron chi connectivity index (χ3n) is 2.90. The predicted octanol–water partition coefficient (Wildman–Crippen LogP) is 2.81. The summed E-state index contributed by atoms with van der Waals surface area (Å²) < 4.78 is 9.64. The summed E-state index contributed by atoms with van der Waals surface area (Å²) >= 11 is 0. The SMILES string of the molecule is CCC(C/C=C/C(=O)OC)NC(=O)OCc1ccccc1. The number of alkyl carbamates (subject to hydrolysis) is 1. The summed E-state index contributed by atoms with van der Waals surface area (Å²) in [5, 5.41) is 2.76. The van der Waals surface area contributed by atoms with Gasteiger partial charge in [0, 0.05) is 12.1 Å². The Morgan fingerprint density at radius 2 is 2.00 bits per heavy atom. The zero-order chi connectivity index (χ0) is 15.5. The van der Waals surface area contributed by atoms with E-state index in [-0.39, 0.29) is 12.6 Å². The minimum atomic E-state index is -0.461. The molecule has 0 aliphatic carbocycles. The van der Waals surface area contributed by atoms with Crippen LogP contribution in [0.4, 0.5) is 4.79 Å². The lowest BCUT2D eigenvalue weighted by Crippen LogP contribution is -2.34. The Morgan fingerprint density at radius 1 is 1.29 bits per heavy atom. The first kappa shape index (κ1) is 16.8. The van der Waals surface area contributed by atoms with Crippen molar-refractivity contribution in [3.8, 4) is 0 Å². The fourth-order valence-corrected chi connectivity index (χ4v) is 1.66. The van der Waals surface area contributed by atoms with Gasteiger partial charge in [-0.15, -0.1) is 0 Å². The summed E-state index contributed by atoms with van der Waals surface area (Å²) in [5.74, 6) is -0.406. The second-order valence-corrected chi connectivity index (χ2v) is 4.47. The Labute approximate surface area is 124 Å². The lowest BCUT2D eigenvalue weighted by Gasteiger charge is -2.15. The minimum absolute atomic E-state index is 0.0748. The molecule has 5 heteroatoms. The van der Waals surface area contributed by atoms with Gasteiger partial charge >= 0.3 is 12.1 Å². The van der Waals surface area contributed by atoms with Crippen LogP contribution in [-0.2, 0) is 20.9 Å². The Kier molecular flexibility index (Phi) is 7.64. The normalized spacial score (nSPS) is 11.9. The van der Waals surface area contributed by atoms with Crippen molar-refractivity contribution in [2.24, 2.45) is 0 Å². The van der Waals surface area contributed by atoms with Gasteiger partial charge < -0.3 is 14.8 Å². The van der Waals surface area contributed by atoms with Crippen LogP contribution >= 0.6 is 0 Å². The molecule has 0 aromatic heterocycles. The van der Waals surface area contributed by atoms with Gasteiger partial charge in [-0.05, 0) is 18.4 Å². The number of carbonyl (C=O) groups excluding carboxylic acids is 2. The largest absolute Gasteiger partial charge is 0.466 e. The highest BCUT2D eigenvalue weighted by Gasteiger charge is 2.10. The van der Waals surface area contributed by atoms with Crippen molar-refractivity contribution in [3.05, 3.63) is 48.0 Å². The predicted molar refractivity (Wildman–Crippen MR) is 79.6 cm³/mol. The van der Waals surface area contributed by atoms with Crippen molar-refractivity contribution in [2.75, 3.05) is 7.11 Å². The van der Waals surface area contributed by atoms with Gasteiger partial charge in [0.1, 0.15) is 6.61 Å². The molecule has 0 fully saturated rings. The summed E-state index contributed by atoms with van der Waals surface area (Å²) in [6.45, 7) is 2.19. The van der Waals surface area contributed by atoms with E-state index in [0.717, 1.165) is 12.0 Å². The van der Waals surface area contributed by atoms with E-state index in [0.29, 0.717) is 6.42 Å². The number of hydrogen-bond donors (Lipinski definition) is 1. The number of hydrogen-bond acceptors (Lipinski definition) is 4. The first-order valence-corrected chi connectivity index (χ1v) is 6.87. The van der Waals surface area contributed by atoms with E-state index >= 15 is 0 Å². The fourth-order valence-electron chi connectivity index (χ4n) is 1.66. The highest BCUT2D eigenvalue weighted by Crippen LogP contribution is 2.03. The Hall–Kier alpha value is -2.30. The molecule has 0 aliphatic rings. The van der Waals surface area contributed by atoms with Crippen molar-refractivity contribution < 1.29 is 19.1 Å². The van der Waals surface area contributed by atoms with Gasteiger partial charge in [0.25, 0.3) is 0 Å². The van der Waals surface area contributed by atoms with Gasteiger partial charge in [-0.1, -0.05) is 43.3 Å². The summed E-state index contributed by atoms with van der Waals surface area (Å²) in [5.41, 5.74) is 0.936. The molecule has 114 valence electrons. The second kappa shape index (κ2) is 9.58. The molecule has 1 atom stereocenters.